The van der Waals surface area contributed by atoms with Crippen molar-refractivity contribution in [2.24, 2.45) is 0 Å². The molecule has 8 nitrogen and oxygen atoms in total. The van der Waals surface area contributed by atoms with Gasteiger partial charge >= 0.3 is 0 Å². The third-order valence-electron chi connectivity index (χ3n) is 5.19. The highest BCUT2D eigenvalue weighted by Gasteiger charge is 2.37. The predicted molar refractivity (Wildman–Crippen MR) is 112 cm³/mol. The zero-order valence-electron chi connectivity index (χ0n) is 16.6. The molecule has 0 radical (unpaired) electrons. The summed E-state index contributed by atoms with van der Waals surface area (Å²) < 4.78 is 38.9. The summed E-state index contributed by atoms with van der Waals surface area (Å²) in [7, 11) is -3.83. The molecule has 2 heterocycles. The van der Waals surface area contributed by atoms with Crippen molar-refractivity contribution in [3.63, 3.8) is 0 Å². The smallest absolute Gasteiger partial charge is 0.264 e. The number of ether oxygens (including phenoxy) is 2. The van der Waals surface area contributed by atoms with Crippen molar-refractivity contribution in [1.82, 2.24) is 10.2 Å². The number of para-hydroxylation sites is 2. The standard InChI is InChI=1S/C21H25N3O5S/c25-21(22-10-11-23-12-14-28-15-13-23)20-16-24(18-8-4-5-9-19(18)29-20)30(26,27)17-6-2-1-3-7-17/h1-9,20H,10-16H2,(H,22,25). The van der Waals surface area contributed by atoms with Crippen LogP contribution in [0.2, 0.25) is 0 Å². The third-order valence-corrected chi connectivity index (χ3v) is 6.98. The second-order valence-corrected chi connectivity index (χ2v) is 9.03. The molecule has 0 bridgehead atoms. The summed E-state index contributed by atoms with van der Waals surface area (Å²) in [6, 6.07) is 15.1. The fraction of sp³-hybridized carbons (Fsp3) is 0.381. The number of hydrogen-bond donors (Lipinski definition) is 1. The van der Waals surface area contributed by atoms with Crippen LogP contribution < -0.4 is 14.4 Å². The Morgan fingerprint density at radius 2 is 1.73 bits per heavy atom. The van der Waals surface area contributed by atoms with Gasteiger partial charge in [-0.05, 0) is 24.3 Å². The van der Waals surface area contributed by atoms with E-state index >= 15 is 0 Å². The maximum Gasteiger partial charge on any atom is 0.264 e. The van der Waals surface area contributed by atoms with Crippen molar-refractivity contribution in [2.45, 2.75) is 11.0 Å². The number of fused-ring (bicyclic) bond motifs is 1. The van der Waals surface area contributed by atoms with Crippen molar-refractivity contribution < 1.29 is 22.7 Å². The summed E-state index contributed by atoms with van der Waals surface area (Å²) in [5.74, 6) is 0.0441. The number of rotatable bonds is 6. The molecule has 2 aliphatic rings. The van der Waals surface area contributed by atoms with E-state index in [4.69, 9.17) is 9.47 Å². The molecule has 0 spiro atoms. The minimum atomic E-state index is -3.83. The number of nitrogens with zero attached hydrogens (tertiary/aromatic N) is 2. The molecule has 0 aromatic heterocycles. The van der Waals surface area contributed by atoms with Gasteiger partial charge in [-0.3, -0.25) is 14.0 Å². The van der Waals surface area contributed by atoms with Crippen molar-refractivity contribution in [3.05, 3.63) is 54.6 Å². The van der Waals surface area contributed by atoms with Crippen LogP contribution in [-0.2, 0) is 19.6 Å². The first kappa shape index (κ1) is 20.6. The van der Waals surface area contributed by atoms with Crippen LogP contribution in [0.1, 0.15) is 0 Å². The van der Waals surface area contributed by atoms with Gasteiger partial charge in [0.05, 0.1) is 30.3 Å². The number of morpholine rings is 1. The lowest BCUT2D eigenvalue weighted by Gasteiger charge is -2.35. The molecule has 30 heavy (non-hydrogen) atoms. The molecular formula is C21H25N3O5S. The predicted octanol–water partition coefficient (Wildman–Crippen LogP) is 1.09. The lowest BCUT2D eigenvalue weighted by Crippen LogP contribution is -2.51. The molecule has 1 fully saturated rings. The van der Waals surface area contributed by atoms with Crippen LogP contribution in [0.3, 0.4) is 0 Å². The molecule has 4 rings (SSSR count). The lowest BCUT2D eigenvalue weighted by atomic mass is 10.2. The van der Waals surface area contributed by atoms with Gasteiger partial charge in [0.2, 0.25) is 0 Å². The molecule has 2 aromatic rings. The van der Waals surface area contributed by atoms with Crippen LogP contribution in [0, 0.1) is 0 Å². The highest BCUT2D eigenvalue weighted by molar-refractivity contribution is 7.92. The molecule has 2 aliphatic heterocycles. The van der Waals surface area contributed by atoms with Gasteiger partial charge in [-0.25, -0.2) is 8.42 Å². The van der Waals surface area contributed by atoms with E-state index < -0.39 is 16.1 Å². The summed E-state index contributed by atoms with van der Waals surface area (Å²) >= 11 is 0. The van der Waals surface area contributed by atoms with Gasteiger partial charge in [0, 0.05) is 26.2 Å². The molecule has 0 saturated carbocycles. The van der Waals surface area contributed by atoms with Crippen LogP contribution in [0.15, 0.2) is 59.5 Å². The highest BCUT2D eigenvalue weighted by atomic mass is 32.2. The normalized spacial score (nSPS) is 19.6. The van der Waals surface area contributed by atoms with Crippen molar-refractivity contribution in [1.29, 1.82) is 0 Å². The fourth-order valence-electron chi connectivity index (χ4n) is 3.56. The summed E-state index contributed by atoms with van der Waals surface area (Å²) in [5.41, 5.74) is 0.429. The number of carbonyl (C=O) groups excluding carboxylic acids is 1. The van der Waals surface area contributed by atoms with E-state index in [9.17, 15) is 13.2 Å². The van der Waals surface area contributed by atoms with Gasteiger partial charge in [-0.2, -0.15) is 0 Å². The minimum absolute atomic E-state index is 0.0857. The van der Waals surface area contributed by atoms with Gasteiger partial charge in [-0.15, -0.1) is 0 Å². The van der Waals surface area contributed by atoms with Crippen LogP contribution >= 0.6 is 0 Å². The average molecular weight is 432 g/mol. The summed E-state index contributed by atoms with van der Waals surface area (Å²) in [6.45, 7) is 4.16. The first-order valence-electron chi connectivity index (χ1n) is 9.97. The van der Waals surface area contributed by atoms with E-state index in [1.54, 1.807) is 54.6 Å². The molecule has 1 N–H and O–H groups in total. The lowest BCUT2D eigenvalue weighted by molar-refractivity contribution is -0.127. The number of anilines is 1. The van der Waals surface area contributed by atoms with Gasteiger partial charge in [0.15, 0.2) is 6.10 Å². The molecule has 1 saturated heterocycles. The van der Waals surface area contributed by atoms with E-state index in [1.807, 2.05) is 0 Å². The van der Waals surface area contributed by atoms with Gasteiger partial charge in [0.25, 0.3) is 15.9 Å². The van der Waals surface area contributed by atoms with Crippen LogP contribution in [0.5, 0.6) is 5.75 Å². The Morgan fingerprint density at radius 1 is 1.03 bits per heavy atom. The van der Waals surface area contributed by atoms with E-state index in [0.29, 0.717) is 37.7 Å². The Kier molecular flexibility index (Phi) is 6.21. The Hall–Kier alpha value is -2.62. The first-order valence-corrected chi connectivity index (χ1v) is 11.4. The van der Waals surface area contributed by atoms with Gasteiger partial charge in [-0.1, -0.05) is 30.3 Å². The molecule has 1 atom stereocenters. The number of nitrogens with one attached hydrogen (secondary N) is 1. The van der Waals surface area contributed by atoms with Crippen molar-refractivity contribution in [3.8, 4) is 5.75 Å². The number of amides is 1. The van der Waals surface area contributed by atoms with Crippen LogP contribution in [0.4, 0.5) is 5.69 Å². The number of benzene rings is 2. The topological polar surface area (TPSA) is 88.2 Å². The van der Waals surface area contributed by atoms with E-state index in [0.717, 1.165) is 13.1 Å². The van der Waals surface area contributed by atoms with Crippen molar-refractivity contribution >= 4 is 21.6 Å². The van der Waals surface area contributed by atoms with Crippen molar-refractivity contribution in [2.75, 3.05) is 50.2 Å². The fourth-order valence-corrected chi connectivity index (χ4v) is 5.06. The Bertz CT molecular complexity index is 977. The maximum absolute atomic E-state index is 13.3. The van der Waals surface area contributed by atoms with E-state index in [1.165, 1.54) is 4.31 Å². The Labute approximate surface area is 176 Å². The Balaban J connectivity index is 1.49. The number of hydrogen-bond acceptors (Lipinski definition) is 6. The molecule has 0 aliphatic carbocycles. The molecule has 160 valence electrons. The molecule has 1 unspecified atom stereocenters. The first-order chi connectivity index (χ1) is 14.6. The van der Waals surface area contributed by atoms with E-state index in [-0.39, 0.29) is 17.3 Å². The van der Waals surface area contributed by atoms with Gasteiger partial charge in [0.1, 0.15) is 5.75 Å². The second-order valence-electron chi connectivity index (χ2n) is 7.17. The highest BCUT2D eigenvalue weighted by Crippen LogP contribution is 2.36. The van der Waals surface area contributed by atoms with Crippen LogP contribution in [0.25, 0.3) is 0 Å². The monoisotopic (exact) mass is 431 g/mol. The third kappa shape index (κ3) is 4.43. The molecule has 2 aromatic carbocycles. The maximum atomic E-state index is 13.3. The largest absolute Gasteiger partial charge is 0.476 e. The van der Waals surface area contributed by atoms with E-state index in [2.05, 4.69) is 10.2 Å². The van der Waals surface area contributed by atoms with Gasteiger partial charge < -0.3 is 14.8 Å². The SMILES string of the molecule is O=C(NCCN1CCOCC1)C1CN(S(=O)(=O)c2ccccc2)c2ccccc2O1. The summed E-state index contributed by atoms with van der Waals surface area (Å²) in [5, 5.41) is 2.87. The zero-order chi connectivity index (χ0) is 21.0. The second kappa shape index (κ2) is 9.03. The minimum Gasteiger partial charge on any atom is -0.476 e. The average Bonchev–Trinajstić information content (AvgIpc) is 2.79. The Morgan fingerprint density at radius 3 is 2.50 bits per heavy atom. The van der Waals surface area contributed by atoms with Crippen LogP contribution in [-0.4, -0.2) is 71.3 Å². The summed E-state index contributed by atoms with van der Waals surface area (Å²) in [6.07, 6.45) is -0.928. The molecule has 1 amide bonds. The molecule has 9 heteroatoms. The quantitative estimate of drug-likeness (QED) is 0.737. The number of carbonyl (C=O) groups is 1. The summed E-state index contributed by atoms with van der Waals surface area (Å²) in [4.78, 5) is 15.1. The zero-order valence-corrected chi connectivity index (χ0v) is 17.4. The number of sulfonamides is 1. The molecular weight excluding hydrogens is 406 g/mol.